The van der Waals surface area contributed by atoms with E-state index in [0.717, 1.165) is 31.2 Å². The third-order valence-corrected chi connectivity index (χ3v) is 4.52. The van der Waals surface area contributed by atoms with Crippen molar-refractivity contribution in [1.82, 2.24) is 10.6 Å². The standard InChI is InChI=1S/C14H20N2O3S/c1-10(11-4-7-20-9-11)15-13(19)16-14(8-12(17)18)5-2-3-6-14/h4,7,9-10H,2-3,5-6,8H2,1H3,(H,17,18)(H2,15,16,19). The molecule has 20 heavy (non-hydrogen) atoms. The minimum Gasteiger partial charge on any atom is -0.481 e. The second kappa shape index (κ2) is 6.26. The highest BCUT2D eigenvalue weighted by Crippen LogP contribution is 2.32. The number of carbonyl (C=O) groups is 2. The molecule has 1 unspecified atom stereocenters. The molecule has 110 valence electrons. The zero-order valence-corrected chi connectivity index (χ0v) is 12.3. The summed E-state index contributed by atoms with van der Waals surface area (Å²) in [6, 6.07) is 1.61. The number of hydrogen-bond donors (Lipinski definition) is 3. The molecule has 2 amide bonds. The fourth-order valence-electron chi connectivity index (χ4n) is 2.77. The van der Waals surface area contributed by atoms with Crippen molar-refractivity contribution in [1.29, 1.82) is 0 Å². The zero-order chi connectivity index (χ0) is 14.6. The first kappa shape index (κ1) is 14.8. The van der Waals surface area contributed by atoms with E-state index in [0.29, 0.717) is 0 Å². The van der Waals surface area contributed by atoms with Gasteiger partial charge in [0, 0.05) is 0 Å². The Morgan fingerprint density at radius 2 is 2.15 bits per heavy atom. The molecule has 1 aromatic heterocycles. The average Bonchev–Trinajstić information content (AvgIpc) is 2.98. The van der Waals surface area contributed by atoms with Crippen molar-refractivity contribution in [2.45, 2.75) is 50.6 Å². The van der Waals surface area contributed by atoms with Gasteiger partial charge in [-0.3, -0.25) is 4.79 Å². The smallest absolute Gasteiger partial charge is 0.315 e. The maximum absolute atomic E-state index is 12.1. The Kier molecular flexibility index (Phi) is 4.65. The van der Waals surface area contributed by atoms with Gasteiger partial charge in [-0.1, -0.05) is 12.8 Å². The Morgan fingerprint density at radius 3 is 2.70 bits per heavy atom. The van der Waals surface area contributed by atoms with Crippen molar-refractivity contribution >= 4 is 23.3 Å². The Labute approximate surface area is 122 Å². The summed E-state index contributed by atoms with van der Waals surface area (Å²) < 4.78 is 0. The van der Waals surface area contributed by atoms with E-state index in [-0.39, 0.29) is 18.5 Å². The van der Waals surface area contributed by atoms with Crippen LogP contribution in [0.1, 0.15) is 50.6 Å². The molecule has 0 spiro atoms. The normalized spacial score (nSPS) is 18.4. The molecular weight excluding hydrogens is 276 g/mol. The average molecular weight is 296 g/mol. The van der Waals surface area contributed by atoms with Gasteiger partial charge in [0.2, 0.25) is 0 Å². The number of aliphatic carboxylic acids is 1. The summed E-state index contributed by atoms with van der Waals surface area (Å²) in [7, 11) is 0. The summed E-state index contributed by atoms with van der Waals surface area (Å²) in [6.45, 7) is 1.92. The second-order valence-electron chi connectivity index (χ2n) is 5.43. The van der Waals surface area contributed by atoms with E-state index in [2.05, 4.69) is 10.6 Å². The molecular formula is C14H20N2O3S. The number of amides is 2. The van der Waals surface area contributed by atoms with Gasteiger partial charge in [0.05, 0.1) is 18.0 Å². The second-order valence-corrected chi connectivity index (χ2v) is 6.21. The number of carboxylic acids is 1. The van der Waals surface area contributed by atoms with E-state index in [4.69, 9.17) is 5.11 Å². The Balaban J connectivity index is 1.93. The highest BCUT2D eigenvalue weighted by Gasteiger charge is 2.37. The molecule has 1 atom stereocenters. The quantitative estimate of drug-likeness (QED) is 0.781. The third-order valence-electron chi connectivity index (χ3n) is 3.82. The van der Waals surface area contributed by atoms with Crippen LogP contribution >= 0.6 is 11.3 Å². The summed E-state index contributed by atoms with van der Waals surface area (Å²) in [5, 5.41) is 18.7. The Bertz CT molecular complexity index is 467. The van der Waals surface area contributed by atoms with Crippen LogP contribution in [0.2, 0.25) is 0 Å². The van der Waals surface area contributed by atoms with E-state index >= 15 is 0 Å². The molecule has 1 heterocycles. The molecule has 0 radical (unpaired) electrons. The molecule has 1 fully saturated rings. The lowest BCUT2D eigenvalue weighted by atomic mass is 9.93. The van der Waals surface area contributed by atoms with Gasteiger partial charge in [-0.25, -0.2) is 4.79 Å². The first-order valence-electron chi connectivity index (χ1n) is 6.83. The molecule has 1 saturated carbocycles. The predicted octanol–water partition coefficient (Wildman–Crippen LogP) is 2.90. The largest absolute Gasteiger partial charge is 0.481 e. The molecule has 2 rings (SSSR count). The molecule has 1 aliphatic rings. The van der Waals surface area contributed by atoms with Crippen molar-refractivity contribution in [2.24, 2.45) is 0 Å². The van der Waals surface area contributed by atoms with Crippen molar-refractivity contribution in [2.75, 3.05) is 0 Å². The molecule has 1 aliphatic carbocycles. The molecule has 1 aromatic rings. The molecule has 6 heteroatoms. The number of carbonyl (C=O) groups excluding carboxylic acids is 1. The topological polar surface area (TPSA) is 78.4 Å². The van der Waals surface area contributed by atoms with Crippen LogP contribution in [0, 0.1) is 0 Å². The molecule has 0 bridgehead atoms. The van der Waals surface area contributed by atoms with Crippen molar-refractivity contribution in [3.8, 4) is 0 Å². The first-order chi connectivity index (χ1) is 9.51. The SMILES string of the molecule is CC(NC(=O)NC1(CC(=O)O)CCCC1)c1ccsc1. The van der Waals surface area contributed by atoms with Crippen LogP contribution in [-0.2, 0) is 4.79 Å². The molecule has 0 aliphatic heterocycles. The maximum Gasteiger partial charge on any atom is 0.315 e. The molecule has 0 saturated heterocycles. The van der Waals surface area contributed by atoms with Crippen LogP contribution in [0.3, 0.4) is 0 Å². The van der Waals surface area contributed by atoms with E-state index in [1.54, 1.807) is 11.3 Å². The lowest BCUT2D eigenvalue weighted by molar-refractivity contribution is -0.138. The monoisotopic (exact) mass is 296 g/mol. The van der Waals surface area contributed by atoms with Crippen LogP contribution in [0.5, 0.6) is 0 Å². The number of hydrogen-bond acceptors (Lipinski definition) is 3. The fraction of sp³-hybridized carbons (Fsp3) is 0.571. The summed E-state index contributed by atoms with van der Waals surface area (Å²) in [6.07, 6.45) is 3.40. The first-order valence-corrected chi connectivity index (χ1v) is 7.78. The van der Waals surface area contributed by atoms with Crippen molar-refractivity contribution in [3.63, 3.8) is 0 Å². The fourth-order valence-corrected chi connectivity index (χ4v) is 3.52. The molecule has 3 N–H and O–H groups in total. The van der Waals surface area contributed by atoms with Crippen molar-refractivity contribution < 1.29 is 14.7 Å². The van der Waals surface area contributed by atoms with Crippen LogP contribution in [0.25, 0.3) is 0 Å². The molecule has 5 nitrogen and oxygen atoms in total. The Morgan fingerprint density at radius 1 is 1.45 bits per heavy atom. The number of rotatable bonds is 5. The van der Waals surface area contributed by atoms with Crippen molar-refractivity contribution in [3.05, 3.63) is 22.4 Å². The highest BCUT2D eigenvalue weighted by molar-refractivity contribution is 7.07. The minimum absolute atomic E-state index is 0.00669. The highest BCUT2D eigenvalue weighted by atomic mass is 32.1. The van der Waals surface area contributed by atoms with Gasteiger partial charge < -0.3 is 15.7 Å². The number of carboxylic acid groups (broad SMARTS) is 1. The molecule has 0 aromatic carbocycles. The van der Waals surface area contributed by atoms with E-state index in [9.17, 15) is 9.59 Å². The van der Waals surface area contributed by atoms with E-state index < -0.39 is 11.5 Å². The summed E-state index contributed by atoms with van der Waals surface area (Å²) in [4.78, 5) is 23.1. The summed E-state index contributed by atoms with van der Waals surface area (Å²) >= 11 is 1.59. The number of thiophene rings is 1. The number of urea groups is 1. The van der Waals surface area contributed by atoms with Gasteiger partial charge >= 0.3 is 12.0 Å². The predicted molar refractivity (Wildman–Crippen MR) is 77.9 cm³/mol. The zero-order valence-electron chi connectivity index (χ0n) is 11.5. The van der Waals surface area contributed by atoms with Crippen LogP contribution in [0.4, 0.5) is 4.79 Å². The van der Waals surface area contributed by atoms with Crippen LogP contribution in [-0.4, -0.2) is 22.6 Å². The summed E-state index contributed by atoms with van der Waals surface area (Å²) in [5.41, 5.74) is 0.480. The van der Waals surface area contributed by atoms with Gasteiger partial charge in [-0.15, -0.1) is 0 Å². The van der Waals surface area contributed by atoms with E-state index in [1.807, 2.05) is 23.8 Å². The van der Waals surface area contributed by atoms with E-state index in [1.165, 1.54) is 0 Å². The lowest BCUT2D eigenvalue weighted by Crippen LogP contribution is -2.52. The van der Waals surface area contributed by atoms with Gasteiger partial charge in [0.25, 0.3) is 0 Å². The van der Waals surface area contributed by atoms with Gasteiger partial charge in [0.15, 0.2) is 0 Å². The minimum atomic E-state index is -0.863. The lowest BCUT2D eigenvalue weighted by Gasteiger charge is -2.29. The summed E-state index contributed by atoms with van der Waals surface area (Å²) in [5.74, 6) is -0.863. The van der Waals surface area contributed by atoms with Gasteiger partial charge in [-0.05, 0) is 42.2 Å². The van der Waals surface area contributed by atoms with Crippen LogP contribution < -0.4 is 10.6 Å². The van der Waals surface area contributed by atoms with Crippen LogP contribution in [0.15, 0.2) is 16.8 Å². The van der Waals surface area contributed by atoms with Gasteiger partial charge in [0.1, 0.15) is 0 Å². The third kappa shape index (κ3) is 3.72. The van der Waals surface area contributed by atoms with Gasteiger partial charge in [-0.2, -0.15) is 11.3 Å². The number of nitrogens with one attached hydrogen (secondary N) is 2. The maximum atomic E-state index is 12.1. The Hall–Kier alpha value is -1.56.